The average molecular weight is 240 g/mol. The first-order chi connectivity index (χ1) is 7.97. The number of amides is 3. The Balaban J connectivity index is 3.75. The summed E-state index contributed by atoms with van der Waals surface area (Å²) in [6.07, 6.45) is 6.01. The molecule has 0 fully saturated rings. The number of nitrogens with one attached hydrogen (secondary N) is 1. The molecule has 0 aromatic rings. The first-order valence-corrected chi connectivity index (χ1v) is 5.17. The molecule has 0 bridgehead atoms. The molecule has 2 N–H and O–H groups in total. The predicted molar refractivity (Wildman–Crippen MR) is 61.1 cm³/mol. The quantitative estimate of drug-likeness (QED) is 0.520. The van der Waals surface area contributed by atoms with Crippen LogP contribution < -0.4 is 5.32 Å². The maximum atomic E-state index is 11.3. The van der Waals surface area contributed by atoms with Crippen LogP contribution in [0, 0.1) is 12.3 Å². The minimum absolute atomic E-state index is 0.0260. The van der Waals surface area contributed by atoms with Crippen molar-refractivity contribution in [2.45, 2.75) is 25.7 Å². The summed E-state index contributed by atoms with van der Waals surface area (Å²) in [6, 6.07) is -0.550. The van der Waals surface area contributed by atoms with Crippen molar-refractivity contribution >= 4 is 17.9 Å². The van der Waals surface area contributed by atoms with Crippen molar-refractivity contribution in [1.29, 1.82) is 0 Å². The highest BCUT2D eigenvalue weighted by molar-refractivity contribution is 5.94. The van der Waals surface area contributed by atoms with Gasteiger partial charge in [-0.25, -0.2) is 4.79 Å². The molecule has 0 saturated carbocycles. The van der Waals surface area contributed by atoms with E-state index in [1.165, 1.54) is 11.9 Å². The summed E-state index contributed by atoms with van der Waals surface area (Å²) in [7, 11) is 1.48. The Labute approximate surface area is 100.0 Å². The highest BCUT2D eigenvalue weighted by Crippen LogP contribution is 1.99. The van der Waals surface area contributed by atoms with Gasteiger partial charge in [0.15, 0.2) is 0 Å². The number of nitrogens with zero attached hydrogens (tertiary/aromatic N) is 1. The molecule has 0 rings (SSSR count). The summed E-state index contributed by atoms with van der Waals surface area (Å²) in [4.78, 5) is 33.9. The van der Waals surface area contributed by atoms with Gasteiger partial charge < -0.3 is 10.0 Å². The third-order valence-corrected chi connectivity index (χ3v) is 1.97. The second kappa shape index (κ2) is 8.16. The number of carbonyl (C=O) groups is 3. The predicted octanol–water partition coefficient (Wildman–Crippen LogP) is 0.433. The van der Waals surface area contributed by atoms with Crippen LogP contribution >= 0.6 is 0 Å². The molecule has 0 radical (unpaired) electrons. The number of rotatable bonds is 6. The van der Waals surface area contributed by atoms with Crippen LogP contribution in [0.2, 0.25) is 0 Å². The summed E-state index contributed by atoms with van der Waals surface area (Å²) >= 11 is 0. The van der Waals surface area contributed by atoms with Crippen LogP contribution in [-0.4, -0.2) is 41.5 Å². The van der Waals surface area contributed by atoms with E-state index in [0.717, 1.165) is 0 Å². The molecule has 0 heterocycles. The molecule has 6 nitrogen and oxygen atoms in total. The van der Waals surface area contributed by atoms with Gasteiger partial charge in [0.2, 0.25) is 5.91 Å². The summed E-state index contributed by atoms with van der Waals surface area (Å²) in [5.41, 5.74) is 0. The van der Waals surface area contributed by atoms with Crippen molar-refractivity contribution in [1.82, 2.24) is 10.2 Å². The molecule has 0 aromatic heterocycles. The fourth-order valence-corrected chi connectivity index (χ4v) is 1.05. The zero-order valence-corrected chi connectivity index (χ0v) is 9.73. The van der Waals surface area contributed by atoms with Crippen molar-refractivity contribution in [2.75, 3.05) is 13.6 Å². The van der Waals surface area contributed by atoms with Gasteiger partial charge in [-0.1, -0.05) is 5.92 Å². The SMILES string of the molecule is C#CCN(C)C(=O)NC(=O)CCCCC(=O)O. The van der Waals surface area contributed by atoms with Gasteiger partial charge in [0.1, 0.15) is 0 Å². The lowest BCUT2D eigenvalue weighted by Crippen LogP contribution is -2.40. The Morgan fingerprint density at radius 3 is 2.41 bits per heavy atom. The van der Waals surface area contributed by atoms with Gasteiger partial charge in [-0.2, -0.15) is 0 Å². The van der Waals surface area contributed by atoms with E-state index in [0.29, 0.717) is 12.8 Å². The van der Waals surface area contributed by atoms with Gasteiger partial charge in [-0.05, 0) is 12.8 Å². The highest BCUT2D eigenvalue weighted by atomic mass is 16.4. The highest BCUT2D eigenvalue weighted by Gasteiger charge is 2.11. The lowest BCUT2D eigenvalue weighted by atomic mass is 10.2. The van der Waals surface area contributed by atoms with E-state index in [1.807, 2.05) is 0 Å². The number of carbonyl (C=O) groups excluding carboxylic acids is 2. The number of unbranched alkanes of at least 4 members (excludes halogenated alkanes) is 1. The number of aliphatic carboxylic acids is 1. The fraction of sp³-hybridized carbons (Fsp3) is 0.545. The van der Waals surface area contributed by atoms with Gasteiger partial charge in [0.05, 0.1) is 6.54 Å². The molecule has 0 atom stereocenters. The summed E-state index contributed by atoms with van der Waals surface area (Å²) in [5.74, 6) is 0.955. The molecule has 3 amide bonds. The third kappa shape index (κ3) is 7.85. The van der Waals surface area contributed by atoms with Crippen LogP contribution in [0.25, 0.3) is 0 Å². The van der Waals surface area contributed by atoms with Gasteiger partial charge in [0.25, 0.3) is 0 Å². The molecule has 0 unspecified atom stereocenters. The summed E-state index contributed by atoms with van der Waals surface area (Å²) in [6.45, 7) is 0.123. The fourth-order valence-electron chi connectivity index (χ4n) is 1.05. The van der Waals surface area contributed by atoms with Crippen LogP contribution in [0.4, 0.5) is 4.79 Å². The number of carboxylic acids is 1. The molecule has 6 heteroatoms. The number of imide groups is 1. The molecule has 0 aliphatic carbocycles. The maximum absolute atomic E-state index is 11.3. The zero-order valence-electron chi connectivity index (χ0n) is 9.73. The van der Waals surface area contributed by atoms with Crippen LogP contribution in [0.3, 0.4) is 0 Å². The number of carboxylic acid groups (broad SMARTS) is 1. The second-order valence-corrected chi connectivity index (χ2v) is 3.51. The normalized spacial score (nSPS) is 9.18. The topological polar surface area (TPSA) is 86.7 Å². The van der Waals surface area contributed by atoms with Gasteiger partial charge in [-0.3, -0.25) is 14.9 Å². The first kappa shape index (κ1) is 15.0. The monoisotopic (exact) mass is 240 g/mol. The van der Waals surface area contributed by atoms with Crippen LogP contribution in [0.15, 0.2) is 0 Å². The van der Waals surface area contributed by atoms with E-state index in [-0.39, 0.29) is 19.4 Å². The Kier molecular flexibility index (Phi) is 7.19. The smallest absolute Gasteiger partial charge is 0.324 e. The molecule has 94 valence electrons. The van der Waals surface area contributed by atoms with Gasteiger partial charge in [0, 0.05) is 19.9 Å². The van der Waals surface area contributed by atoms with E-state index >= 15 is 0 Å². The van der Waals surface area contributed by atoms with Crippen LogP contribution in [0.1, 0.15) is 25.7 Å². The second-order valence-electron chi connectivity index (χ2n) is 3.51. The van der Waals surface area contributed by atoms with Gasteiger partial charge >= 0.3 is 12.0 Å². The van der Waals surface area contributed by atoms with Crippen molar-refractivity contribution in [3.05, 3.63) is 0 Å². The lowest BCUT2D eigenvalue weighted by Gasteiger charge is -2.13. The zero-order chi connectivity index (χ0) is 13.3. The summed E-state index contributed by atoms with van der Waals surface area (Å²) < 4.78 is 0. The Hall–Kier alpha value is -2.03. The molecule has 0 aromatic carbocycles. The van der Waals surface area contributed by atoms with Crippen molar-refractivity contribution in [3.63, 3.8) is 0 Å². The van der Waals surface area contributed by atoms with Crippen molar-refractivity contribution in [2.24, 2.45) is 0 Å². The van der Waals surface area contributed by atoms with E-state index in [9.17, 15) is 14.4 Å². The van der Waals surface area contributed by atoms with Crippen molar-refractivity contribution in [3.8, 4) is 12.3 Å². The van der Waals surface area contributed by atoms with Crippen molar-refractivity contribution < 1.29 is 19.5 Å². The molecule has 0 aliphatic heterocycles. The standard InChI is InChI=1S/C11H16N2O4/c1-3-8-13(2)11(17)12-9(14)6-4-5-7-10(15)16/h1H,4-8H2,2H3,(H,15,16)(H,12,14,17). The molecule has 17 heavy (non-hydrogen) atoms. The van der Waals surface area contributed by atoms with Gasteiger partial charge in [-0.15, -0.1) is 6.42 Å². The molecular formula is C11H16N2O4. The molecule has 0 spiro atoms. The Morgan fingerprint density at radius 1 is 1.29 bits per heavy atom. The molecule has 0 saturated heterocycles. The summed E-state index contributed by atoms with van der Waals surface area (Å²) in [5, 5.41) is 10.5. The maximum Gasteiger partial charge on any atom is 0.324 e. The molecule has 0 aliphatic rings. The van der Waals surface area contributed by atoms with E-state index in [1.54, 1.807) is 0 Å². The third-order valence-electron chi connectivity index (χ3n) is 1.97. The Bertz CT molecular complexity index is 333. The largest absolute Gasteiger partial charge is 0.481 e. The van der Waals surface area contributed by atoms with E-state index in [2.05, 4.69) is 11.2 Å². The van der Waals surface area contributed by atoms with E-state index < -0.39 is 17.9 Å². The number of hydrogen-bond acceptors (Lipinski definition) is 3. The lowest BCUT2D eigenvalue weighted by molar-refractivity contribution is -0.137. The number of urea groups is 1. The number of terminal acetylenes is 1. The molecular weight excluding hydrogens is 224 g/mol. The first-order valence-electron chi connectivity index (χ1n) is 5.17. The number of hydrogen-bond donors (Lipinski definition) is 2. The van der Waals surface area contributed by atoms with Crippen LogP contribution in [0.5, 0.6) is 0 Å². The minimum atomic E-state index is -0.893. The average Bonchev–Trinajstić information content (AvgIpc) is 2.24. The van der Waals surface area contributed by atoms with Crippen LogP contribution in [-0.2, 0) is 9.59 Å². The Morgan fingerprint density at radius 2 is 1.88 bits per heavy atom. The minimum Gasteiger partial charge on any atom is -0.481 e. The van der Waals surface area contributed by atoms with E-state index in [4.69, 9.17) is 11.5 Å².